The van der Waals surface area contributed by atoms with Gasteiger partial charge >= 0.3 is 5.69 Å². The Bertz CT molecular complexity index is 513. The largest absolute Gasteiger partial charge is 0.352 e. The Labute approximate surface area is 116 Å². The van der Waals surface area contributed by atoms with Crippen molar-refractivity contribution in [3.63, 3.8) is 0 Å². The quantitative estimate of drug-likeness (QED) is 0.680. The van der Waals surface area contributed by atoms with Crippen LogP contribution in [0.3, 0.4) is 0 Å². The van der Waals surface area contributed by atoms with Crippen LogP contribution < -0.4 is 5.32 Å². The van der Waals surface area contributed by atoms with E-state index in [1.165, 1.54) is 25.3 Å². The molecule has 1 fully saturated rings. The van der Waals surface area contributed by atoms with E-state index in [1.807, 2.05) is 0 Å². The second kappa shape index (κ2) is 6.45. The van der Waals surface area contributed by atoms with Crippen molar-refractivity contribution in [3.8, 4) is 0 Å². The van der Waals surface area contributed by atoms with Gasteiger partial charge in [-0.2, -0.15) is 4.39 Å². The normalized spacial score (nSPS) is 15.8. The molecule has 108 valence electrons. The summed E-state index contributed by atoms with van der Waals surface area (Å²) < 4.78 is 13.2. The molecule has 1 aliphatic carbocycles. The first-order chi connectivity index (χ1) is 9.58. The Morgan fingerprint density at radius 2 is 2.05 bits per heavy atom. The number of nitrogens with zero attached hydrogens (tertiary/aromatic N) is 1. The second-order valence-electron chi connectivity index (χ2n) is 5.14. The summed E-state index contributed by atoms with van der Waals surface area (Å²) in [5.74, 6) is -0.847. The van der Waals surface area contributed by atoms with E-state index in [9.17, 15) is 19.3 Å². The summed E-state index contributed by atoms with van der Waals surface area (Å²) in [6, 6.07) is 3.19. The molecule has 0 spiro atoms. The van der Waals surface area contributed by atoms with Crippen LogP contribution in [0.2, 0.25) is 0 Å². The van der Waals surface area contributed by atoms with Gasteiger partial charge in [0.05, 0.1) is 4.92 Å². The maximum atomic E-state index is 13.2. The van der Waals surface area contributed by atoms with Gasteiger partial charge in [0.1, 0.15) is 0 Å². The minimum absolute atomic E-state index is 0.119. The van der Waals surface area contributed by atoms with Crippen molar-refractivity contribution in [3.05, 3.63) is 39.7 Å². The van der Waals surface area contributed by atoms with E-state index in [2.05, 4.69) is 5.32 Å². The Balaban J connectivity index is 1.98. The Hall–Kier alpha value is -1.98. The highest BCUT2D eigenvalue weighted by atomic mass is 19.1. The number of halogens is 1. The highest BCUT2D eigenvalue weighted by Crippen LogP contribution is 2.23. The molecule has 6 heteroatoms. The maximum Gasteiger partial charge on any atom is 0.305 e. The number of amides is 1. The van der Waals surface area contributed by atoms with E-state index in [0.717, 1.165) is 25.0 Å². The standard InChI is InChI=1S/C14H17FN2O3/c15-12-7-6-11(8-13(12)17(19)20)14(18)16-9-10-4-2-1-3-5-10/h6-8,10H,1-5,9H2,(H,16,18). The molecule has 0 radical (unpaired) electrons. The summed E-state index contributed by atoms with van der Waals surface area (Å²) in [5.41, 5.74) is -0.552. The van der Waals surface area contributed by atoms with E-state index >= 15 is 0 Å². The van der Waals surface area contributed by atoms with Crippen molar-refractivity contribution in [2.45, 2.75) is 32.1 Å². The lowest BCUT2D eigenvalue weighted by atomic mass is 9.89. The first-order valence-corrected chi connectivity index (χ1v) is 6.80. The average molecular weight is 280 g/mol. The molecule has 0 aliphatic heterocycles. The zero-order valence-electron chi connectivity index (χ0n) is 11.1. The van der Waals surface area contributed by atoms with Gasteiger partial charge in [-0.1, -0.05) is 19.3 Å². The molecule has 0 saturated heterocycles. The highest BCUT2D eigenvalue weighted by molar-refractivity contribution is 5.94. The SMILES string of the molecule is O=C(NCC1CCCCC1)c1ccc(F)c([N+](=O)[O-])c1. The zero-order chi connectivity index (χ0) is 14.5. The molecular formula is C14H17FN2O3. The second-order valence-corrected chi connectivity index (χ2v) is 5.14. The third kappa shape index (κ3) is 3.53. The van der Waals surface area contributed by atoms with Gasteiger partial charge in [0.2, 0.25) is 5.82 Å². The first-order valence-electron chi connectivity index (χ1n) is 6.80. The predicted molar refractivity (Wildman–Crippen MR) is 72.0 cm³/mol. The van der Waals surface area contributed by atoms with E-state index in [4.69, 9.17) is 0 Å². The lowest BCUT2D eigenvalue weighted by molar-refractivity contribution is -0.387. The van der Waals surface area contributed by atoms with Crippen molar-refractivity contribution in [1.82, 2.24) is 5.32 Å². The summed E-state index contributed by atoms with van der Waals surface area (Å²) in [7, 11) is 0. The van der Waals surface area contributed by atoms with E-state index in [0.29, 0.717) is 12.5 Å². The molecule has 0 unspecified atom stereocenters. The van der Waals surface area contributed by atoms with Crippen molar-refractivity contribution in [1.29, 1.82) is 0 Å². The smallest absolute Gasteiger partial charge is 0.305 e. The third-order valence-electron chi connectivity index (χ3n) is 3.68. The molecule has 0 atom stereocenters. The van der Waals surface area contributed by atoms with Crippen LogP contribution in [-0.4, -0.2) is 17.4 Å². The van der Waals surface area contributed by atoms with Gasteiger partial charge in [-0.25, -0.2) is 0 Å². The number of carbonyl (C=O) groups excluding carboxylic acids is 1. The number of nitrogens with one attached hydrogen (secondary N) is 1. The molecule has 1 amide bonds. The highest BCUT2D eigenvalue weighted by Gasteiger charge is 2.19. The fourth-order valence-electron chi connectivity index (χ4n) is 2.52. The lowest BCUT2D eigenvalue weighted by Crippen LogP contribution is -2.30. The van der Waals surface area contributed by atoms with Crippen LogP contribution in [0.15, 0.2) is 18.2 Å². The minimum Gasteiger partial charge on any atom is -0.352 e. The van der Waals surface area contributed by atoms with Crippen LogP contribution in [0.5, 0.6) is 0 Å². The van der Waals surface area contributed by atoms with Crippen molar-refractivity contribution in [2.24, 2.45) is 5.92 Å². The van der Waals surface area contributed by atoms with Crippen LogP contribution in [0.4, 0.5) is 10.1 Å². The fourth-order valence-corrected chi connectivity index (χ4v) is 2.52. The van der Waals surface area contributed by atoms with Crippen LogP contribution >= 0.6 is 0 Å². The van der Waals surface area contributed by atoms with Gasteiger partial charge < -0.3 is 5.32 Å². The summed E-state index contributed by atoms with van der Waals surface area (Å²) in [6.45, 7) is 0.573. The van der Waals surface area contributed by atoms with Crippen molar-refractivity contribution in [2.75, 3.05) is 6.54 Å². The molecule has 0 bridgehead atoms. The van der Waals surface area contributed by atoms with Gasteiger partial charge in [0.25, 0.3) is 5.91 Å². The molecular weight excluding hydrogens is 263 g/mol. The van der Waals surface area contributed by atoms with Crippen molar-refractivity contribution >= 4 is 11.6 Å². The molecule has 1 aromatic carbocycles. The number of benzene rings is 1. The Kier molecular flexibility index (Phi) is 4.65. The average Bonchev–Trinajstić information content (AvgIpc) is 2.46. The number of hydrogen-bond donors (Lipinski definition) is 1. The molecule has 2 rings (SSSR count). The number of nitro groups is 1. The zero-order valence-corrected chi connectivity index (χ0v) is 11.1. The minimum atomic E-state index is -0.932. The Morgan fingerprint density at radius 1 is 1.35 bits per heavy atom. The van der Waals surface area contributed by atoms with E-state index < -0.39 is 22.3 Å². The Morgan fingerprint density at radius 3 is 2.70 bits per heavy atom. The van der Waals surface area contributed by atoms with E-state index in [-0.39, 0.29) is 5.56 Å². The topological polar surface area (TPSA) is 72.2 Å². The van der Waals surface area contributed by atoms with Gasteiger partial charge in [-0.05, 0) is 30.9 Å². The summed E-state index contributed by atoms with van der Waals surface area (Å²) in [5, 5.41) is 13.4. The molecule has 1 N–H and O–H groups in total. The first kappa shape index (κ1) is 14.4. The molecule has 1 aromatic rings. The summed E-state index contributed by atoms with van der Waals surface area (Å²) >= 11 is 0. The summed E-state index contributed by atoms with van der Waals surface area (Å²) in [4.78, 5) is 21.7. The monoisotopic (exact) mass is 280 g/mol. The van der Waals surface area contributed by atoms with Gasteiger partial charge in [0.15, 0.2) is 0 Å². The van der Waals surface area contributed by atoms with E-state index in [1.54, 1.807) is 0 Å². The summed E-state index contributed by atoms with van der Waals surface area (Å²) in [6.07, 6.45) is 5.81. The molecule has 0 heterocycles. The third-order valence-corrected chi connectivity index (χ3v) is 3.68. The lowest BCUT2D eigenvalue weighted by Gasteiger charge is -2.21. The predicted octanol–water partition coefficient (Wildman–Crippen LogP) is 3.04. The van der Waals surface area contributed by atoms with Gasteiger partial charge in [0, 0.05) is 18.2 Å². The molecule has 20 heavy (non-hydrogen) atoms. The maximum absolute atomic E-state index is 13.2. The van der Waals surface area contributed by atoms with Gasteiger partial charge in [-0.15, -0.1) is 0 Å². The number of rotatable bonds is 4. The molecule has 1 aliphatic rings. The van der Waals surface area contributed by atoms with Crippen LogP contribution in [0, 0.1) is 21.8 Å². The van der Waals surface area contributed by atoms with Crippen LogP contribution in [0.25, 0.3) is 0 Å². The molecule has 5 nitrogen and oxygen atoms in total. The van der Waals surface area contributed by atoms with Crippen LogP contribution in [0.1, 0.15) is 42.5 Å². The fraction of sp³-hybridized carbons (Fsp3) is 0.500. The molecule has 1 saturated carbocycles. The number of nitro benzene ring substituents is 1. The number of hydrogen-bond acceptors (Lipinski definition) is 3. The van der Waals surface area contributed by atoms with Crippen molar-refractivity contribution < 1.29 is 14.1 Å². The molecule has 0 aromatic heterocycles. The van der Waals surface area contributed by atoms with Crippen LogP contribution in [-0.2, 0) is 0 Å². The number of carbonyl (C=O) groups is 1. The van der Waals surface area contributed by atoms with Gasteiger partial charge in [-0.3, -0.25) is 14.9 Å².